The van der Waals surface area contributed by atoms with Gasteiger partial charge in [-0.3, -0.25) is 9.69 Å². The van der Waals surface area contributed by atoms with Crippen molar-refractivity contribution in [2.24, 2.45) is 0 Å². The summed E-state index contributed by atoms with van der Waals surface area (Å²) in [6.07, 6.45) is 4.89. The number of amides is 1. The molecule has 1 fully saturated rings. The van der Waals surface area contributed by atoms with Crippen LogP contribution in [0, 0.1) is 0 Å². The number of piperazine rings is 1. The molecule has 6 heteroatoms. The Balaban J connectivity index is 0.00000312. The first-order valence-corrected chi connectivity index (χ1v) is 9.10. The Morgan fingerprint density at radius 2 is 1.88 bits per heavy atom. The zero-order chi connectivity index (χ0) is 17.0. The van der Waals surface area contributed by atoms with Crippen LogP contribution >= 0.6 is 12.4 Å². The minimum Gasteiger partial charge on any atom is -0.497 e. The maximum atomic E-state index is 11.8. The second-order valence-electron chi connectivity index (χ2n) is 6.35. The Bertz CT molecular complexity index is 476. The number of methoxy groups -OCH3 is 1. The van der Waals surface area contributed by atoms with E-state index >= 15 is 0 Å². The number of hydrogen-bond donors (Lipinski definition) is 2. The smallest absolute Gasteiger partial charge is 0.220 e. The predicted octanol–water partition coefficient (Wildman–Crippen LogP) is 2.24. The summed E-state index contributed by atoms with van der Waals surface area (Å²) in [5, 5.41) is 6.37. The molecule has 0 saturated carbocycles. The third-order valence-corrected chi connectivity index (χ3v) is 4.49. The first-order chi connectivity index (χ1) is 11.8. The van der Waals surface area contributed by atoms with Gasteiger partial charge in [0, 0.05) is 45.7 Å². The largest absolute Gasteiger partial charge is 0.497 e. The van der Waals surface area contributed by atoms with Crippen molar-refractivity contribution in [1.29, 1.82) is 0 Å². The second-order valence-corrected chi connectivity index (χ2v) is 6.35. The fourth-order valence-corrected chi connectivity index (χ4v) is 2.96. The van der Waals surface area contributed by atoms with Gasteiger partial charge in [0.2, 0.25) is 5.91 Å². The van der Waals surface area contributed by atoms with Crippen molar-refractivity contribution < 1.29 is 9.53 Å². The minimum atomic E-state index is 0. The van der Waals surface area contributed by atoms with Gasteiger partial charge in [0.1, 0.15) is 5.75 Å². The number of nitrogens with zero attached hydrogens (tertiary/aromatic N) is 1. The molecule has 1 aliphatic heterocycles. The molecule has 2 rings (SSSR count). The number of nitrogens with one attached hydrogen (secondary N) is 2. The zero-order valence-electron chi connectivity index (χ0n) is 15.3. The summed E-state index contributed by atoms with van der Waals surface area (Å²) >= 11 is 0. The van der Waals surface area contributed by atoms with E-state index in [1.54, 1.807) is 7.11 Å². The molecule has 1 heterocycles. The highest BCUT2D eigenvalue weighted by Gasteiger charge is 2.09. The molecule has 0 aromatic heterocycles. The van der Waals surface area contributed by atoms with Gasteiger partial charge in [-0.15, -0.1) is 12.4 Å². The van der Waals surface area contributed by atoms with Crippen molar-refractivity contribution in [1.82, 2.24) is 15.5 Å². The van der Waals surface area contributed by atoms with Gasteiger partial charge in [-0.25, -0.2) is 0 Å². The van der Waals surface area contributed by atoms with Gasteiger partial charge < -0.3 is 15.4 Å². The van der Waals surface area contributed by atoms with Crippen LogP contribution in [0.3, 0.4) is 0 Å². The summed E-state index contributed by atoms with van der Waals surface area (Å²) in [5.74, 6) is 1.09. The highest BCUT2D eigenvalue weighted by atomic mass is 35.5. The Morgan fingerprint density at radius 3 is 2.56 bits per heavy atom. The van der Waals surface area contributed by atoms with E-state index < -0.39 is 0 Å². The maximum absolute atomic E-state index is 11.8. The SMILES string of the molecule is COc1ccc(CCCCCC(=O)NCCN2CCNCC2)cc1.Cl. The van der Waals surface area contributed by atoms with Gasteiger partial charge in [0.05, 0.1) is 7.11 Å². The molecule has 0 aliphatic carbocycles. The molecular formula is C19H32ClN3O2. The molecule has 5 nitrogen and oxygen atoms in total. The summed E-state index contributed by atoms with van der Waals surface area (Å²) < 4.78 is 5.16. The number of hydrogen-bond acceptors (Lipinski definition) is 4. The van der Waals surface area contributed by atoms with Crippen molar-refractivity contribution >= 4 is 18.3 Å². The van der Waals surface area contributed by atoms with Gasteiger partial charge in [-0.2, -0.15) is 0 Å². The van der Waals surface area contributed by atoms with Crippen molar-refractivity contribution in [3.8, 4) is 5.75 Å². The van der Waals surface area contributed by atoms with Crippen LogP contribution in [0.4, 0.5) is 0 Å². The van der Waals surface area contributed by atoms with Crippen LogP contribution in [0.1, 0.15) is 31.2 Å². The molecule has 0 radical (unpaired) electrons. The average Bonchev–Trinajstić information content (AvgIpc) is 2.63. The number of unbranched alkanes of at least 4 members (excludes halogenated alkanes) is 2. The van der Waals surface area contributed by atoms with Gasteiger partial charge >= 0.3 is 0 Å². The first-order valence-electron chi connectivity index (χ1n) is 9.10. The molecule has 142 valence electrons. The van der Waals surface area contributed by atoms with Crippen LogP contribution in [-0.2, 0) is 11.2 Å². The van der Waals surface area contributed by atoms with E-state index in [4.69, 9.17) is 4.74 Å². The van der Waals surface area contributed by atoms with Crippen molar-refractivity contribution in [2.45, 2.75) is 32.1 Å². The van der Waals surface area contributed by atoms with E-state index in [0.717, 1.165) is 70.7 Å². The fourth-order valence-electron chi connectivity index (χ4n) is 2.96. The summed E-state index contributed by atoms with van der Waals surface area (Å²) in [4.78, 5) is 14.2. The number of halogens is 1. The van der Waals surface area contributed by atoms with Crippen LogP contribution in [0.25, 0.3) is 0 Å². The van der Waals surface area contributed by atoms with E-state index in [0.29, 0.717) is 6.42 Å². The van der Waals surface area contributed by atoms with Crippen molar-refractivity contribution in [3.05, 3.63) is 29.8 Å². The van der Waals surface area contributed by atoms with Crippen LogP contribution in [0.15, 0.2) is 24.3 Å². The standard InChI is InChI=1S/C19H31N3O2.ClH/c1-24-18-9-7-17(8-10-18)5-3-2-4-6-19(23)21-13-16-22-14-11-20-12-15-22;/h7-10,20H,2-6,11-16H2,1H3,(H,21,23);1H. The summed E-state index contributed by atoms with van der Waals surface area (Å²) in [6, 6.07) is 8.23. The Hall–Kier alpha value is -1.30. The molecule has 1 amide bonds. The lowest BCUT2D eigenvalue weighted by atomic mass is 10.1. The van der Waals surface area contributed by atoms with E-state index in [1.165, 1.54) is 5.56 Å². The molecule has 1 aliphatic rings. The number of carbonyl (C=O) groups excluding carboxylic acids is 1. The lowest BCUT2D eigenvalue weighted by molar-refractivity contribution is -0.121. The van der Waals surface area contributed by atoms with E-state index in [-0.39, 0.29) is 18.3 Å². The maximum Gasteiger partial charge on any atom is 0.220 e. The van der Waals surface area contributed by atoms with Crippen molar-refractivity contribution in [2.75, 3.05) is 46.4 Å². The van der Waals surface area contributed by atoms with Crippen LogP contribution in [0.5, 0.6) is 5.75 Å². The fraction of sp³-hybridized carbons (Fsp3) is 0.632. The lowest BCUT2D eigenvalue weighted by Crippen LogP contribution is -2.46. The van der Waals surface area contributed by atoms with Crippen LogP contribution in [0.2, 0.25) is 0 Å². The Kier molecular flexibility index (Phi) is 11.3. The number of carbonyl (C=O) groups is 1. The van der Waals surface area contributed by atoms with Gasteiger partial charge in [0.25, 0.3) is 0 Å². The molecule has 0 spiro atoms. The molecule has 1 saturated heterocycles. The molecule has 0 unspecified atom stereocenters. The zero-order valence-corrected chi connectivity index (χ0v) is 16.1. The summed E-state index contributed by atoms with van der Waals surface area (Å²) in [7, 11) is 1.68. The number of aryl methyl sites for hydroxylation is 1. The van der Waals surface area contributed by atoms with Gasteiger partial charge in [-0.1, -0.05) is 18.6 Å². The lowest BCUT2D eigenvalue weighted by Gasteiger charge is -2.27. The molecule has 1 aromatic carbocycles. The topological polar surface area (TPSA) is 53.6 Å². The minimum absolute atomic E-state index is 0. The number of benzene rings is 1. The number of rotatable bonds is 10. The Morgan fingerprint density at radius 1 is 1.16 bits per heavy atom. The molecule has 2 N–H and O–H groups in total. The normalized spacial score (nSPS) is 14.6. The predicted molar refractivity (Wildman–Crippen MR) is 105 cm³/mol. The third-order valence-electron chi connectivity index (χ3n) is 4.49. The Labute approximate surface area is 157 Å². The molecule has 0 atom stereocenters. The first kappa shape index (κ1) is 21.7. The highest BCUT2D eigenvalue weighted by molar-refractivity contribution is 5.85. The molecule has 25 heavy (non-hydrogen) atoms. The average molecular weight is 370 g/mol. The second kappa shape index (κ2) is 13.0. The van der Waals surface area contributed by atoms with Crippen molar-refractivity contribution in [3.63, 3.8) is 0 Å². The van der Waals surface area contributed by atoms with Crippen LogP contribution < -0.4 is 15.4 Å². The monoisotopic (exact) mass is 369 g/mol. The molecule has 0 bridgehead atoms. The summed E-state index contributed by atoms with van der Waals surface area (Å²) in [5.41, 5.74) is 1.33. The molecular weight excluding hydrogens is 338 g/mol. The van der Waals surface area contributed by atoms with E-state index in [1.807, 2.05) is 12.1 Å². The quantitative estimate of drug-likeness (QED) is 0.621. The van der Waals surface area contributed by atoms with Crippen LogP contribution in [-0.4, -0.2) is 57.2 Å². The summed E-state index contributed by atoms with van der Waals surface area (Å²) in [6.45, 7) is 6.02. The van der Waals surface area contributed by atoms with Gasteiger partial charge in [0.15, 0.2) is 0 Å². The third kappa shape index (κ3) is 9.10. The van der Waals surface area contributed by atoms with E-state index in [9.17, 15) is 4.79 Å². The van der Waals surface area contributed by atoms with Gasteiger partial charge in [-0.05, 0) is 37.0 Å². The highest BCUT2D eigenvalue weighted by Crippen LogP contribution is 2.13. The number of ether oxygens (including phenoxy) is 1. The van der Waals surface area contributed by atoms with E-state index in [2.05, 4.69) is 27.7 Å². The molecule has 1 aromatic rings.